The van der Waals surface area contributed by atoms with Gasteiger partial charge in [0.2, 0.25) is 0 Å². The van der Waals surface area contributed by atoms with E-state index in [-0.39, 0.29) is 36.5 Å². The Labute approximate surface area is 109 Å². The Balaban J connectivity index is 1.81. The van der Waals surface area contributed by atoms with Crippen molar-refractivity contribution in [2.75, 3.05) is 6.61 Å². The molecule has 0 aromatic carbocycles. The largest absolute Gasteiger partial charge is 0.455 e. The lowest BCUT2D eigenvalue weighted by Gasteiger charge is -2.38. The zero-order valence-corrected chi connectivity index (χ0v) is 11.5. The van der Waals surface area contributed by atoms with Gasteiger partial charge in [-0.1, -0.05) is 6.92 Å². The van der Waals surface area contributed by atoms with Crippen LogP contribution in [0.4, 0.5) is 0 Å². The first-order valence-electron chi connectivity index (χ1n) is 6.98. The van der Waals surface area contributed by atoms with Gasteiger partial charge in [0, 0.05) is 12.1 Å². The van der Waals surface area contributed by atoms with Gasteiger partial charge in [-0.15, -0.1) is 0 Å². The van der Waals surface area contributed by atoms with Crippen molar-refractivity contribution in [2.24, 2.45) is 11.8 Å². The summed E-state index contributed by atoms with van der Waals surface area (Å²) < 4.78 is 5.12. The molecule has 2 fully saturated rings. The SMILES string of the molecule is C[C@@H]1CCC[C@@H](C)N1C(=O)COC(=O)[C@@H]1C[C@@H]1C. The van der Waals surface area contributed by atoms with Crippen molar-refractivity contribution in [3.05, 3.63) is 0 Å². The van der Waals surface area contributed by atoms with Crippen LogP contribution in [0.3, 0.4) is 0 Å². The average Bonchev–Trinajstić information content (AvgIpc) is 3.03. The number of hydrogen-bond acceptors (Lipinski definition) is 3. The van der Waals surface area contributed by atoms with Gasteiger partial charge >= 0.3 is 5.97 Å². The van der Waals surface area contributed by atoms with Crippen molar-refractivity contribution < 1.29 is 14.3 Å². The van der Waals surface area contributed by atoms with E-state index in [1.54, 1.807) is 0 Å². The maximum atomic E-state index is 12.1. The summed E-state index contributed by atoms with van der Waals surface area (Å²) in [7, 11) is 0. The molecule has 0 N–H and O–H groups in total. The van der Waals surface area contributed by atoms with Gasteiger partial charge in [0.1, 0.15) is 0 Å². The molecule has 0 bridgehead atoms. The van der Waals surface area contributed by atoms with Crippen molar-refractivity contribution in [1.29, 1.82) is 0 Å². The molecule has 1 aliphatic heterocycles. The van der Waals surface area contributed by atoms with Crippen molar-refractivity contribution in [1.82, 2.24) is 4.90 Å². The lowest BCUT2D eigenvalue weighted by atomic mass is 9.97. The molecule has 102 valence electrons. The smallest absolute Gasteiger partial charge is 0.309 e. The third kappa shape index (κ3) is 2.85. The van der Waals surface area contributed by atoms with E-state index in [2.05, 4.69) is 13.8 Å². The van der Waals surface area contributed by atoms with Crippen LogP contribution in [0.2, 0.25) is 0 Å². The molecular formula is C14H23NO3. The van der Waals surface area contributed by atoms with Crippen LogP contribution < -0.4 is 0 Å². The summed E-state index contributed by atoms with van der Waals surface area (Å²) in [6.07, 6.45) is 4.17. The third-order valence-corrected chi connectivity index (χ3v) is 4.23. The molecule has 1 saturated carbocycles. The summed E-state index contributed by atoms with van der Waals surface area (Å²) in [5, 5.41) is 0. The number of rotatable bonds is 3. The number of piperidine rings is 1. The van der Waals surface area contributed by atoms with Crippen LogP contribution in [0, 0.1) is 11.8 Å². The van der Waals surface area contributed by atoms with Crippen LogP contribution in [0.1, 0.15) is 46.5 Å². The van der Waals surface area contributed by atoms with Gasteiger partial charge in [0.15, 0.2) is 6.61 Å². The molecule has 1 heterocycles. The van der Waals surface area contributed by atoms with Gasteiger partial charge in [-0.2, -0.15) is 0 Å². The second-order valence-corrected chi connectivity index (χ2v) is 5.86. The summed E-state index contributed by atoms with van der Waals surface area (Å²) in [5.74, 6) is 0.221. The topological polar surface area (TPSA) is 46.6 Å². The number of ether oxygens (including phenoxy) is 1. The van der Waals surface area contributed by atoms with E-state index in [4.69, 9.17) is 4.74 Å². The Morgan fingerprint density at radius 1 is 1.17 bits per heavy atom. The quantitative estimate of drug-likeness (QED) is 0.722. The number of hydrogen-bond donors (Lipinski definition) is 0. The van der Waals surface area contributed by atoms with Crippen LogP contribution in [0.25, 0.3) is 0 Å². The summed E-state index contributed by atoms with van der Waals surface area (Å²) in [5.41, 5.74) is 0. The number of likely N-dealkylation sites (tertiary alicyclic amines) is 1. The molecule has 4 atom stereocenters. The van der Waals surface area contributed by atoms with E-state index >= 15 is 0 Å². The summed E-state index contributed by atoms with van der Waals surface area (Å²) in [6, 6.07) is 0.527. The lowest BCUT2D eigenvalue weighted by Crippen LogP contribution is -2.49. The maximum Gasteiger partial charge on any atom is 0.309 e. The van der Waals surface area contributed by atoms with Crippen LogP contribution in [0.15, 0.2) is 0 Å². The van der Waals surface area contributed by atoms with Crippen LogP contribution in [-0.2, 0) is 14.3 Å². The molecule has 2 aliphatic rings. The molecule has 0 aromatic heterocycles. The van der Waals surface area contributed by atoms with Crippen LogP contribution in [-0.4, -0.2) is 35.5 Å². The van der Waals surface area contributed by atoms with Crippen molar-refractivity contribution in [3.63, 3.8) is 0 Å². The zero-order valence-electron chi connectivity index (χ0n) is 11.5. The molecule has 0 radical (unpaired) electrons. The highest BCUT2D eigenvalue weighted by Gasteiger charge is 2.41. The standard InChI is InChI=1S/C14H23NO3/c1-9-7-12(9)14(17)18-8-13(16)15-10(2)5-4-6-11(15)3/h9-12H,4-8H2,1-3H3/t9-,10+,11+,12+/m0/s1. The third-order valence-electron chi connectivity index (χ3n) is 4.23. The van der Waals surface area contributed by atoms with Crippen LogP contribution >= 0.6 is 0 Å². The van der Waals surface area contributed by atoms with Gasteiger partial charge in [-0.25, -0.2) is 0 Å². The van der Waals surface area contributed by atoms with Gasteiger partial charge in [0.05, 0.1) is 5.92 Å². The summed E-state index contributed by atoms with van der Waals surface area (Å²) in [6.45, 7) is 6.08. The first kappa shape index (κ1) is 13.4. The van der Waals surface area contributed by atoms with Crippen LogP contribution in [0.5, 0.6) is 0 Å². The van der Waals surface area contributed by atoms with Crippen molar-refractivity contribution in [3.8, 4) is 0 Å². The highest BCUT2D eigenvalue weighted by molar-refractivity contribution is 5.82. The minimum atomic E-state index is -0.201. The molecule has 0 spiro atoms. The Hall–Kier alpha value is -1.06. The molecule has 4 nitrogen and oxygen atoms in total. The summed E-state index contributed by atoms with van der Waals surface area (Å²) in [4.78, 5) is 25.6. The summed E-state index contributed by atoms with van der Waals surface area (Å²) >= 11 is 0. The highest BCUT2D eigenvalue weighted by Crippen LogP contribution is 2.38. The van der Waals surface area contributed by atoms with Crippen molar-refractivity contribution >= 4 is 11.9 Å². The van der Waals surface area contributed by atoms with E-state index in [0.29, 0.717) is 5.92 Å². The van der Waals surface area contributed by atoms with Crippen molar-refractivity contribution in [2.45, 2.75) is 58.5 Å². The number of amides is 1. The first-order valence-corrected chi connectivity index (χ1v) is 6.98. The Bertz CT molecular complexity index is 332. The minimum Gasteiger partial charge on any atom is -0.455 e. The van der Waals surface area contributed by atoms with E-state index in [9.17, 15) is 9.59 Å². The predicted molar refractivity (Wildman–Crippen MR) is 67.9 cm³/mol. The Kier molecular flexibility index (Phi) is 3.93. The zero-order chi connectivity index (χ0) is 13.3. The molecule has 4 heteroatoms. The number of carbonyl (C=O) groups is 2. The number of carbonyl (C=O) groups excluding carboxylic acids is 2. The molecule has 1 aliphatic carbocycles. The van der Waals surface area contributed by atoms with E-state index < -0.39 is 0 Å². The van der Waals surface area contributed by atoms with E-state index in [0.717, 1.165) is 19.3 Å². The molecule has 18 heavy (non-hydrogen) atoms. The fourth-order valence-corrected chi connectivity index (χ4v) is 2.88. The van der Waals surface area contributed by atoms with E-state index in [1.165, 1.54) is 6.42 Å². The number of nitrogens with zero attached hydrogens (tertiary/aromatic N) is 1. The first-order chi connectivity index (χ1) is 8.50. The second-order valence-electron chi connectivity index (χ2n) is 5.86. The number of esters is 1. The van der Waals surface area contributed by atoms with E-state index in [1.807, 2.05) is 11.8 Å². The Morgan fingerprint density at radius 3 is 2.22 bits per heavy atom. The highest BCUT2D eigenvalue weighted by atomic mass is 16.5. The second kappa shape index (κ2) is 5.29. The predicted octanol–water partition coefficient (Wildman–Crippen LogP) is 1.98. The molecule has 0 unspecified atom stereocenters. The molecule has 1 amide bonds. The fraction of sp³-hybridized carbons (Fsp3) is 0.857. The van der Waals surface area contributed by atoms with Gasteiger partial charge < -0.3 is 9.64 Å². The minimum absolute atomic E-state index is 0.0361. The lowest BCUT2D eigenvalue weighted by molar-refractivity contribution is -0.156. The average molecular weight is 253 g/mol. The molecular weight excluding hydrogens is 230 g/mol. The van der Waals surface area contributed by atoms with Gasteiger partial charge in [-0.05, 0) is 45.4 Å². The Morgan fingerprint density at radius 2 is 1.72 bits per heavy atom. The fourth-order valence-electron chi connectivity index (χ4n) is 2.88. The molecule has 2 rings (SSSR count). The molecule has 0 aromatic rings. The monoisotopic (exact) mass is 253 g/mol. The van der Waals surface area contributed by atoms with Gasteiger partial charge in [0.25, 0.3) is 5.91 Å². The normalized spacial score (nSPS) is 35.2. The van der Waals surface area contributed by atoms with Gasteiger partial charge in [-0.3, -0.25) is 9.59 Å². The molecule has 1 saturated heterocycles. The maximum absolute atomic E-state index is 12.1.